The van der Waals surface area contributed by atoms with Crippen molar-refractivity contribution in [2.24, 2.45) is 16.6 Å². The molecule has 3 nitrogen and oxygen atoms in total. The molecule has 4 heteroatoms. The SMILES string of the molecule is CC(C)C(N)=NC(C)c1nccs1. The summed E-state index contributed by atoms with van der Waals surface area (Å²) in [4.78, 5) is 8.55. The van der Waals surface area contributed by atoms with Crippen LogP contribution in [0.3, 0.4) is 0 Å². The van der Waals surface area contributed by atoms with Gasteiger partial charge in [0.15, 0.2) is 0 Å². The number of nitrogens with zero attached hydrogens (tertiary/aromatic N) is 2. The molecule has 0 amide bonds. The van der Waals surface area contributed by atoms with E-state index in [-0.39, 0.29) is 6.04 Å². The van der Waals surface area contributed by atoms with Crippen molar-refractivity contribution in [2.45, 2.75) is 26.8 Å². The van der Waals surface area contributed by atoms with Gasteiger partial charge in [-0.2, -0.15) is 0 Å². The normalized spacial score (nSPS) is 14.9. The second kappa shape index (κ2) is 4.37. The third-order valence-corrected chi connectivity index (χ3v) is 2.69. The van der Waals surface area contributed by atoms with Crippen molar-refractivity contribution >= 4 is 17.2 Å². The first kappa shape index (κ1) is 10.2. The fourth-order valence-electron chi connectivity index (χ4n) is 0.869. The van der Waals surface area contributed by atoms with Gasteiger partial charge in [0, 0.05) is 17.5 Å². The molecule has 72 valence electrons. The van der Waals surface area contributed by atoms with Crippen molar-refractivity contribution in [3.05, 3.63) is 16.6 Å². The maximum absolute atomic E-state index is 5.75. The molecule has 0 aliphatic carbocycles. The number of hydrogen-bond donors (Lipinski definition) is 1. The molecule has 0 aliphatic rings. The summed E-state index contributed by atoms with van der Waals surface area (Å²) in [7, 11) is 0. The van der Waals surface area contributed by atoms with Crippen LogP contribution >= 0.6 is 11.3 Å². The molecule has 1 atom stereocenters. The quantitative estimate of drug-likeness (QED) is 0.596. The minimum Gasteiger partial charge on any atom is -0.387 e. The van der Waals surface area contributed by atoms with E-state index in [1.54, 1.807) is 17.5 Å². The van der Waals surface area contributed by atoms with Gasteiger partial charge in [-0.15, -0.1) is 11.3 Å². The maximum atomic E-state index is 5.75. The Morgan fingerprint density at radius 1 is 1.54 bits per heavy atom. The lowest BCUT2D eigenvalue weighted by Gasteiger charge is -2.07. The highest BCUT2D eigenvalue weighted by Gasteiger charge is 2.07. The van der Waals surface area contributed by atoms with Crippen LogP contribution in [-0.2, 0) is 0 Å². The second-order valence-electron chi connectivity index (χ2n) is 3.25. The Kier molecular flexibility index (Phi) is 3.42. The van der Waals surface area contributed by atoms with E-state index in [1.807, 2.05) is 26.2 Å². The Morgan fingerprint density at radius 3 is 2.69 bits per heavy atom. The molecule has 1 heterocycles. The van der Waals surface area contributed by atoms with E-state index < -0.39 is 0 Å². The molecule has 13 heavy (non-hydrogen) atoms. The summed E-state index contributed by atoms with van der Waals surface area (Å²) < 4.78 is 0. The van der Waals surface area contributed by atoms with Crippen LogP contribution in [0.4, 0.5) is 0 Å². The van der Waals surface area contributed by atoms with Gasteiger partial charge in [-0.05, 0) is 6.92 Å². The number of thiazole rings is 1. The van der Waals surface area contributed by atoms with Gasteiger partial charge in [0.05, 0.1) is 5.84 Å². The summed E-state index contributed by atoms with van der Waals surface area (Å²) in [6.07, 6.45) is 1.79. The molecule has 0 spiro atoms. The first-order chi connectivity index (χ1) is 6.11. The Bertz CT molecular complexity index is 277. The summed E-state index contributed by atoms with van der Waals surface area (Å²) in [5.74, 6) is 1.00. The number of aromatic nitrogens is 1. The van der Waals surface area contributed by atoms with Crippen LogP contribution in [-0.4, -0.2) is 10.8 Å². The van der Waals surface area contributed by atoms with Crippen LogP contribution in [0.1, 0.15) is 31.8 Å². The molecule has 1 aromatic heterocycles. The van der Waals surface area contributed by atoms with E-state index in [4.69, 9.17) is 5.73 Å². The molecule has 0 bridgehead atoms. The van der Waals surface area contributed by atoms with Crippen LogP contribution < -0.4 is 5.73 Å². The van der Waals surface area contributed by atoms with E-state index in [9.17, 15) is 0 Å². The van der Waals surface area contributed by atoms with E-state index in [1.165, 1.54) is 0 Å². The Balaban J connectivity index is 2.70. The molecule has 1 aromatic rings. The summed E-state index contributed by atoms with van der Waals surface area (Å²) in [5.41, 5.74) is 5.75. The zero-order valence-electron chi connectivity index (χ0n) is 8.19. The summed E-state index contributed by atoms with van der Waals surface area (Å²) in [6.45, 7) is 6.08. The standard InChI is InChI=1S/C9H15N3S/c1-6(2)8(10)12-7(3)9-11-4-5-13-9/h4-7H,1-3H3,(H2,10,12). The number of hydrogen-bond acceptors (Lipinski definition) is 3. The summed E-state index contributed by atoms with van der Waals surface area (Å²) in [5, 5.41) is 2.97. The predicted octanol–water partition coefficient (Wildman–Crippen LogP) is 2.22. The molecule has 1 unspecified atom stereocenters. The van der Waals surface area contributed by atoms with E-state index in [0.29, 0.717) is 11.8 Å². The van der Waals surface area contributed by atoms with Gasteiger partial charge >= 0.3 is 0 Å². The van der Waals surface area contributed by atoms with Crippen molar-refractivity contribution in [2.75, 3.05) is 0 Å². The van der Waals surface area contributed by atoms with Crippen molar-refractivity contribution < 1.29 is 0 Å². The molecule has 0 aliphatic heterocycles. The molecule has 0 saturated carbocycles. The zero-order valence-corrected chi connectivity index (χ0v) is 9.01. The van der Waals surface area contributed by atoms with E-state index in [0.717, 1.165) is 5.01 Å². The number of rotatable bonds is 3. The average molecular weight is 197 g/mol. The van der Waals surface area contributed by atoms with Gasteiger partial charge in [-0.1, -0.05) is 13.8 Å². The third kappa shape index (κ3) is 2.81. The second-order valence-corrected chi connectivity index (χ2v) is 4.18. The van der Waals surface area contributed by atoms with Crippen molar-refractivity contribution in [1.82, 2.24) is 4.98 Å². The minimum absolute atomic E-state index is 0.0856. The molecule has 0 saturated heterocycles. The summed E-state index contributed by atoms with van der Waals surface area (Å²) >= 11 is 1.61. The highest BCUT2D eigenvalue weighted by molar-refractivity contribution is 7.09. The van der Waals surface area contributed by atoms with Crippen LogP contribution in [0.15, 0.2) is 16.6 Å². The van der Waals surface area contributed by atoms with Crippen LogP contribution in [0, 0.1) is 5.92 Å². The lowest BCUT2D eigenvalue weighted by molar-refractivity contribution is 0.773. The van der Waals surface area contributed by atoms with Gasteiger partial charge in [0.1, 0.15) is 11.0 Å². The van der Waals surface area contributed by atoms with Gasteiger partial charge in [0.25, 0.3) is 0 Å². The lowest BCUT2D eigenvalue weighted by Crippen LogP contribution is -2.19. The lowest BCUT2D eigenvalue weighted by atomic mass is 10.2. The van der Waals surface area contributed by atoms with Crippen LogP contribution in [0.5, 0.6) is 0 Å². The first-order valence-corrected chi connectivity index (χ1v) is 5.21. The molecule has 0 radical (unpaired) electrons. The van der Waals surface area contributed by atoms with Gasteiger partial charge in [0.2, 0.25) is 0 Å². The zero-order chi connectivity index (χ0) is 9.84. The molecule has 1 rings (SSSR count). The third-order valence-electron chi connectivity index (χ3n) is 1.74. The van der Waals surface area contributed by atoms with Crippen molar-refractivity contribution in [3.63, 3.8) is 0 Å². The predicted molar refractivity (Wildman–Crippen MR) is 57.0 cm³/mol. The maximum Gasteiger partial charge on any atom is 0.117 e. The highest BCUT2D eigenvalue weighted by Crippen LogP contribution is 2.19. The topological polar surface area (TPSA) is 51.3 Å². The highest BCUT2D eigenvalue weighted by atomic mass is 32.1. The first-order valence-electron chi connectivity index (χ1n) is 4.33. The molecular weight excluding hydrogens is 182 g/mol. The van der Waals surface area contributed by atoms with Gasteiger partial charge < -0.3 is 5.73 Å². The molecule has 2 N–H and O–H groups in total. The smallest absolute Gasteiger partial charge is 0.117 e. The fraction of sp³-hybridized carbons (Fsp3) is 0.556. The van der Waals surface area contributed by atoms with Crippen molar-refractivity contribution in [1.29, 1.82) is 0 Å². The van der Waals surface area contributed by atoms with Gasteiger partial charge in [-0.3, -0.25) is 4.99 Å². The van der Waals surface area contributed by atoms with Gasteiger partial charge in [-0.25, -0.2) is 4.98 Å². The van der Waals surface area contributed by atoms with Crippen LogP contribution in [0.2, 0.25) is 0 Å². The van der Waals surface area contributed by atoms with Crippen molar-refractivity contribution in [3.8, 4) is 0 Å². The van der Waals surface area contributed by atoms with E-state index in [2.05, 4.69) is 9.98 Å². The fourth-order valence-corrected chi connectivity index (χ4v) is 1.50. The van der Waals surface area contributed by atoms with Crippen LogP contribution in [0.25, 0.3) is 0 Å². The largest absolute Gasteiger partial charge is 0.387 e. The number of nitrogens with two attached hydrogens (primary N) is 1. The minimum atomic E-state index is 0.0856. The number of aliphatic imine (C=N–C) groups is 1. The summed E-state index contributed by atoms with van der Waals surface area (Å²) in [6, 6.07) is 0.0856. The molecule has 0 fully saturated rings. The Morgan fingerprint density at radius 2 is 2.23 bits per heavy atom. The monoisotopic (exact) mass is 197 g/mol. The molecule has 0 aromatic carbocycles. The average Bonchev–Trinajstić information content (AvgIpc) is 2.55. The molecular formula is C9H15N3S. The Hall–Kier alpha value is -0.900. The van der Waals surface area contributed by atoms with E-state index >= 15 is 0 Å². The number of amidine groups is 1. The Labute approximate surface area is 82.7 Å².